The molecule has 0 spiro atoms. The molecule has 1 heterocycles. The highest BCUT2D eigenvalue weighted by Crippen LogP contribution is 2.10. The normalized spacial score (nSPS) is 15.5. The first-order valence-electron chi connectivity index (χ1n) is 9.58. The number of benzene rings is 1. The van der Waals surface area contributed by atoms with Crippen LogP contribution in [0.15, 0.2) is 48.3 Å². The molecule has 6 heteroatoms. The van der Waals surface area contributed by atoms with E-state index in [9.17, 15) is 4.79 Å². The quantitative estimate of drug-likeness (QED) is 0.640. The van der Waals surface area contributed by atoms with Gasteiger partial charge in [0.1, 0.15) is 0 Å². The Morgan fingerprint density at radius 3 is 2.33 bits per heavy atom. The largest absolute Gasteiger partial charge is 0.400 e. The second-order valence-electron chi connectivity index (χ2n) is 6.60. The van der Waals surface area contributed by atoms with Gasteiger partial charge in [0.25, 0.3) is 0 Å². The molecule has 150 valence electrons. The summed E-state index contributed by atoms with van der Waals surface area (Å²) in [5.41, 5.74) is 9.45. The highest BCUT2D eigenvalue weighted by atomic mass is 16.1. The summed E-state index contributed by atoms with van der Waals surface area (Å²) in [6, 6.07) is 7.90. The lowest BCUT2D eigenvalue weighted by molar-refractivity contribution is -0.117. The molecule has 1 aliphatic rings. The zero-order valence-corrected chi connectivity index (χ0v) is 17.2. The second kappa shape index (κ2) is 12.1. The van der Waals surface area contributed by atoms with Crippen molar-refractivity contribution in [2.45, 2.75) is 27.3 Å². The van der Waals surface area contributed by atoms with Crippen LogP contribution in [0, 0.1) is 0 Å². The minimum atomic E-state index is -0.123. The van der Waals surface area contributed by atoms with Crippen LogP contribution in [0.3, 0.4) is 0 Å². The van der Waals surface area contributed by atoms with Gasteiger partial charge in [-0.15, -0.1) is 0 Å². The van der Waals surface area contributed by atoms with E-state index in [0.717, 1.165) is 49.7 Å². The van der Waals surface area contributed by atoms with Crippen molar-refractivity contribution in [1.29, 1.82) is 0 Å². The van der Waals surface area contributed by atoms with Crippen LogP contribution in [0.4, 0.5) is 5.69 Å². The van der Waals surface area contributed by atoms with Crippen LogP contribution in [0.25, 0.3) is 0 Å². The number of hydrogen-bond donors (Lipinski definition) is 3. The Morgan fingerprint density at radius 2 is 1.78 bits per heavy atom. The zero-order chi connectivity index (χ0) is 20.2. The van der Waals surface area contributed by atoms with Crippen molar-refractivity contribution in [3.05, 3.63) is 53.9 Å². The molecule has 0 atom stereocenters. The van der Waals surface area contributed by atoms with Crippen molar-refractivity contribution in [2.75, 3.05) is 45.1 Å². The Bertz CT molecular complexity index is 616. The maximum Gasteiger partial charge on any atom is 0.246 e. The van der Waals surface area contributed by atoms with Gasteiger partial charge in [-0.3, -0.25) is 9.69 Å². The van der Waals surface area contributed by atoms with Crippen molar-refractivity contribution in [2.24, 2.45) is 5.73 Å². The Morgan fingerprint density at radius 1 is 1.19 bits per heavy atom. The third-order valence-corrected chi connectivity index (χ3v) is 4.22. The fourth-order valence-corrected chi connectivity index (χ4v) is 2.54. The van der Waals surface area contributed by atoms with Crippen molar-refractivity contribution in [3.8, 4) is 0 Å². The first-order chi connectivity index (χ1) is 12.9. The average Bonchev–Trinajstić information content (AvgIpc) is 2.68. The standard InChI is InChI=1S/C19H29N5O.C2H6/c1-15(2)19(25)22-12-16-4-6-18(7-5-16)21-13-17(20)14-24-10-8-23(3)9-11-24;1-2/h4-7,13,21H,1,8-12,14,20H2,2-3H3,(H,22,25);1-2H3/b17-13-;. The molecule has 0 aliphatic carbocycles. The lowest BCUT2D eigenvalue weighted by Gasteiger charge is -2.32. The maximum absolute atomic E-state index is 11.5. The molecule has 1 aromatic rings. The summed E-state index contributed by atoms with van der Waals surface area (Å²) in [6.07, 6.45) is 1.86. The third-order valence-electron chi connectivity index (χ3n) is 4.22. The molecule has 27 heavy (non-hydrogen) atoms. The Balaban J connectivity index is 0.00000176. The number of nitrogens with one attached hydrogen (secondary N) is 2. The number of nitrogens with two attached hydrogens (primary N) is 1. The summed E-state index contributed by atoms with van der Waals surface area (Å²) in [4.78, 5) is 16.2. The predicted molar refractivity (Wildman–Crippen MR) is 114 cm³/mol. The first kappa shape index (κ1) is 22.7. The fraction of sp³-hybridized carbons (Fsp3) is 0.476. The molecule has 0 saturated carbocycles. The minimum absolute atomic E-state index is 0.123. The molecule has 0 bridgehead atoms. The maximum atomic E-state index is 11.5. The van der Waals surface area contributed by atoms with Gasteiger partial charge in [-0.2, -0.15) is 0 Å². The first-order valence-corrected chi connectivity index (χ1v) is 9.58. The van der Waals surface area contributed by atoms with Crippen LogP contribution >= 0.6 is 0 Å². The number of carbonyl (C=O) groups is 1. The summed E-state index contributed by atoms with van der Waals surface area (Å²) >= 11 is 0. The summed E-state index contributed by atoms with van der Waals surface area (Å²) in [5.74, 6) is -0.123. The molecule has 0 aromatic heterocycles. The zero-order valence-electron chi connectivity index (χ0n) is 17.2. The molecule has 0 unspecified atom stereocenters. The SMILES string of the molecule is C=C(C)C(=O)NCc1ccc(N/C=C(\N)CN2CCN(C)CC2)cc1.CC. The van der Waals surface area contributed by atoms with Crippen molar-refractivity contribution < 1.29 is 4.79 Å². The molecule has 0 radical (unpaired) electrons. The number of anilines is 1. The second-order valence-corrected chi connectivity index (χ2v) is 6.60. The van der Waals surface area contributed by atoms with E-state index in [0.29, 0.717) is 12.1 Å². The highest BCUT2D eigenvalue weighted by molar-refractivity contribution is 5.92. The van der Waals surface area contributed by atoms with Crippen molar-refractivity contribution in [1.82, 2.24) is 15.1 Å². The monoisotopic (exact) mass is 373 g/mol. The highest BCUT2D eigenvalue weighted by Gasteiger charge is 2.13. The predicted octanol–water partition coefficient (Wildman–Crippen LogP) is 2.36. The molecule has 6 nitrogen and oxygen atoms in total. The summed E-state index contributed by atoms with van der Waals surface area (Å²) in [6.45, 7) is 14.9. The fourth-order valence-electron chi connectivity index (χ4n) is 2.54. The van der Waals surface area contributed by atoms with E-state index in [2.05, 4.69) is 34.1 Å². The van der Waals surface area contributed by atoms with Crippen LogP contribution in [0.2, 0.25) is 0 Å². The summed E-state index contributed by atoms with van der Waals surface area (Å²) in [7, 11) is 2.14. The molecule has 4 N–H and O–H groups in total. The molecular weight excluding hydrogens is 338 g/mol. The van der Waals surface area contributed by atoms with E-state index < -0.39 is 0 Å². The van der Waals surface area contributed by atoms with E-state index in [-0.39, 0.29) is 5.91 Å². The van der Waals surface area contributed by atoms with Crippen molar-refractivity contribution in [3.63, 3.8) is 0 Å². The molecule has 1 aliphatic heterocycles. The van der Waals surface area contributed by atoms with E-state index in [1.807, 2.05) is 44.3 Å². The topological polar surface area (TPSA) is 73.6 Å². The van der Waals surface area contributed by atoms with Gasteiger partial charge in [0.05, 0.1) is 0 Å². The lowest BCUT2D eigenvalue weighted by Crippen LogP contribution is -2.45. The minimum Gasteiger partial charge on any atom is -0.400 e. The van der Waals surface area contributed by atoms with Crippen molar-refractivity contribution >= 4 is 11.6 Å². The number of amides is 1. The van der Waals surface area contributed by atoms with Gasteiger partial charge in [0.15, 0.2) is 0 Å². The van der Waals surface area contributed by atoms with Gasteiger partial charge >= 0.3 is 0 Å². The summed E-state index contributed by atoms with van der Waals surface area (Å²) in [5, 5.41) is 6.04. The van der Waals surface area contributed by atoms with Crippen LogP contribution < -0.4 is 16.4 Å². The smallest absolute Gasteiger partial charge is 0.246 e. The van der Waals surface area contributed by atoms with Gasteiger partial charge in [0, 0.05) is 62.4 Å². The molecule has 1 saturated heterocycles. The average molecular weight is 374 g/mol. The number of hydrogen-bond acceptors (Lipinski definition) is 5. The Hall–Kier alpha value is -2.31. The van der Waals surface area contributed by atoms with E-state index in [1.54, 1.807) is 6.92 Å². The number of piperazine rings is 1. The van der Waals surface area contributed by atoms with Gasteiger partial charge in [-0.05, 0) is 31.7 Å². The Kier molecular flexibility index (Phi) is 10.2. The van der Waals surface area contributed by atoms with Crippen LogP contribution in [0.5, 0.6) is 0 Å². The van der Waals surface area contributed by atoms with Gasteiger partial charge in [0.2, 0.25) is 5.91 Å². The third kappa shape index (κ3) is 8.75. The molecule has 1 aromatic carbocycles. The van der Waals surface area contributed by atoms with E-state index >= 15 is 0 Å². The lowest BCUT2D eigenvalue weighted by atomic mass is 10.2. The summed E-state index contributed by atoms with van der Waals surface area (Å²) < 4.78 is 0. The number of likely N-dealkylation sites (N-methyl/N-ethyl adjacent to an activating group) is 1. The number of carbonyl (C=O) groups excluding carboxylic acids is 1. The number of rotatable bonds is 7. The molecule has 1 amide bonds. The molecule has 2 rings (SSSR count). The van der Waals surface area contributed by atoms with Crippen LogP contribution in [-0.2, 0) is 11.3 Å². The van der Waals surface area contributed by atoms with Gasteiger partial charge in [-0.1, -0.05) is 32.6 Å². The van der Waals surface area contributed by atoms with Gasteiger partial charge < -0.3 is 21.3 Å². The van der Waals surface area contributed by atoms with Gasteiger partial charge in [-0.25, -0.2) is 0 Å². The van der Waals surface area contributed by atoms with E-state index in [1.165, 1.54) is 0 Å². The molecular formula is C21H35N5O. The molecule has 1 fully saturated rings. The van der Waals surface area contributed by atoms with Crippen LogP contribution in [-0.4, -0.2) is 55.5 Å². The Labute approximate surface area is 164 Å². The number of nitrogens with zero attached hydrogens (tertiary/aromatic N) is 2. The van der Waals surface area contributed by atoms with E-state index in [4.69, 9.17) is 5.73 Å². The van der Waals surface area contributed by atoms with Crippen LogP contribution in [0.1, 0.15) is 26.3 Å².